The predicted molar refractivity (Wildman–Crippen MR) is 108 cm³/mol. The molecule has 3 rings (SSSR count). The van der Waals surface area contributed by atoms with E-state index in [1.54, 1.807) is 43.2 Å². The third kappa shape index (κ3) is 4.83. The smallest absolute Gasteiger partial charge is 0.254 e. The summed E-state index contributed by atoms with van der Waals surface area (Å²) >= 11 is 1.65. The van der Waals surface area contributed by atoms with Gasteiger partial charge < -0.3 is 10.3 Å². The molecule has 0 aliphatic heterocycles. The SMILES string of the molecule is CSc1ccc(NC(=O)CCc2c(C)nc(-c3ccncc3)[nH]c2=O)cc1. The quantitative estimate of drug-likeness (QED) is 0.640. The van der Waals surface area contributed by atoms with E-state index in [2.05, 4.69) is 20.3 Å². The monoisotopic (exact) mass is 380 g/mol. The van der Waals surface area contributed by atoms with Crippen molar-refractivity contribution in [3.8, 4) is 11.4 Å². The summed E-state index contributed by atoms with van der Waals surface area (Å²) in [5.74, 6) is 0.367. The molecule has 27 heavy (non-hydrogen) atoms. The van der Waals surface area contributed by atoms with E-state index in [-0.39, 0.29) is 17.9 Å². The van der Waals surface area contributed by atoms with Crippen molar-refractivity contribution in [1.82, 2.24) is 15.0 Å². The lowest BCUT2D eigenvalue weighted by atomic mass is 10.1. The van der Waals surface area contributed by atoms with E-state index in [0.29, 0.717) is 23.5 Å². The molecule has 0 saturated carbocycles. The minimum absolute atomic E-state index is 0.135. The van der Waals surface area contributed by atoms with Gasteiger partial charge in [-0.1, -0.05) is 0 Å². The summed E-state index contributed by atoms with van der Waals surface area (Å²) in [6.07, 6.45) is 5.84. The number of carbonyl (C=O) groups excluding carboxylic acids is 1. The first-order valence-corrected chi connectivity index (χ1v) is 9.73. The first kappa shape index (κ1) is 18.8. The average molecular weight is 380 g/mol. The summed E-state index contributed by atoms with van der Waals surface area (Å²) in [5.41, 5.74) is 2.48. The molecule has 6 nitrogen and oxygen atoms in total. The van der Waals surface area contributed by atoms with Gasteiger partial charge in [-0.15, -0.1) is 11.8 Å². The highest BCUT2D eigenvalue weighted by molar-refractivity contribution is 7.98. The Morgan fingerprint density at radius 3 is 2.48 bits per heavy atom. The van der Waals surface area contributed by atoms with Gasteiger partial charge in [0.2, 0.25) is 5.91 Å². The number of aromatic amines is 1. The van der Waals surface area contributed by atoms with E-state index in [0.717, 1.165) is 16.1 Å². The number of hydrogen-bond acceptors (Lipinski definition) is 5. The van der Waals surface area contributed by atoms with Gasteiger partial charge in [-0.2, -0.15) is 0 Å². The lowest BCUT2D eigenvalue weighted by molar-refractivity contribution is -0.116. The van der Waals surface area contributed by atoms with E-state index in [4.69, 9.17) is 0 Å². The largest absolute Gasteiger partial charge is 0.326 e. The van der Waals surface area contributed by atoms with Crippen molar-refractivity contribution in [2.24, 2.45) is 0 Å². The maximum Gasteiger partial charge on any atom is 0.254 e. The molecule has 0 bridgehead atoms. The number of aromatic nitrogens is 3. The Hall–Kier alpha value is -2.93. The number of rotatable bonds is 6. The normalized spacial score (nSPS) is 10.6. The summed E-state index contributed by atoms with van der Waals surface area (Å²) in [6.45, 7) is 1.79. The highest BCUT2D eigenvalue weighted by Crippen LogP contribution is 2.18. The third-order valence-corrected chi connectivity index (χ3v) is 4.90. The van der Waals surface area contributed by atoms with Gasteiger partial charge in [0.25, 0.3) is 5.56 Å². The number of H-pyrrole nitrogens is 1. The van der Waals surface area contributed by atoms with Gasteiger partial charge in [0.1, 0.15) is 5.82 Å². The van der Waals surface area contributed by atoms with E-state index >= 15 is 0 Å². The number of benzene rings is 1. The summed E-state index contributed by atoms with van der Waals surface area (Å²) in [4.78, 5) is 37.0. The maximum atomic E-state index is 12.4. The van der Waals surface area contributed by atoms with Crippen molar-refractivity contribution in [2.75, 3.05) is 11.6 Å². The number of carbonyl (C=O) groups is 1. The highest BCUT2D eigenvalue weighted by atomic mass is 32.2. The Bertz CT molecular complexity index is 985. The van der Waals surface area contributed by atoms with Gasteiger partial charge in [-0.05, 0) is 56.0 Å². The van der Waals surface area contributed by atoms with Gasteiger partial charge in [-0.3, -0.25) is 14.6 Å². The van der Waals surface area contributed by atoms with Crippen LogP contribution in [-0.4, -0.2) is 27.1 Å². The van der Waals surface area contributed by atoms with Gasteiger partial charge in [0.15, 0.2) is 0 Å². The van der Waals surface area contributed by atoms with Gasteiger partial charge in [0.05, 0.1) is 0 Å². The molecule has 138 valence electrons. The number of anilines is 1. The predicted octanol–water partition coefficient (Wildman–Crippen LogP) is 3.43. The number of hydrogen-bond donors (Lipinski definition) is 2. The van der Waals surface area contributed by atoms with E-state index in [1.165, 1.54) is 0 Å². The van der Waals surface area contributed by atoms with Gasteiger partial charge >= 0.3 is 0 Å². The van der Waals surface area contributed by atoms with E-state index in [9.17, 15) is 9.59 Å². The number of amides is 1. The van der Waals surface area contributed by atoms with Crippen molar-refractivity contribution in [3.05, 3.63) is 70.4 Å². The minimum Gasteiger partial charge on any atom is -0.326 e. The molecule has 7 heteroatoms. The number of nitrogens with zero attached hydrogens (tertiary/aromatic N) is 2. The molecule has 1 aromatic carbocycles. The summed E-state index contributed by atoms with van der Waals surface area (Å²) in [5, 5.41) is 2.85. The third-order valence-electron chi connectivity index (χ3n) is 4.15. The molecule has 0 unspecified atom stereocenters. The maximum absolute atomic E-state index is 12.4. The second-order valence-electron chi connectivity index (χ2n) is 5.99. The van der Waals surface area contributed by atoms with Crippen molar-refractivity contribution in [2.45, 2.75) is 24.7 Å². The second kappa shape index (κ2) is 8.64. The van der Waals surface area contributed by atoms with Crippen LogP contribution in [0.15, 0.2) is 58.5 Å². The van der Waals surface area contributed by atoms with Crippen LogP contribution in [-0.2, 0) is 11.2 Å². The molecule has 2 aromatic heterocycles. The molecule has 0 atom stereocenters. The zero-order valence-electron chi connectivity index (χ0n) is 15.2. The Morgan fingerprint density at radius 1 is 1.15 bits per heavy atom. The van der Waals surface area contributed by atoms with Crippen molar-refractivity contribution < 1.29 is 4.79 Å². The molecule has 2 N–H and O–H groups in total. The molecule has 3 aromatic rings. The second-order valence-corrected chi connectivity index (χ2v) is 6.87. The van der Waals surface area contributed by atoms with Gasteiger partial charge in [-0.25, -0.2) is 4.98 Å². The van der Waals surface area contributed by atoms with Crippen molar-refractivity contribution in [1.29, 1.82) is 0 Å². The van der Waals surface area contributed by atoms with Crippen LogP contribution in [0.2, 0.25) is 0 Å². The molecule has 1 amide bonds. The first-order valence-electron chi connectivity index (χ1n) is 8.51. The Balaban J connectivity index is 1.66. The fourth-order valence-corrected chi connectivity index (χ4v) is 3.10. The molecule has 0 aliphatic carbocycles. The molecule has 2 heterocycles. The Kier molecular flexibility index (Phi) is 6.03. The summed E-state index contributed by atoms with van der Waals surface area (Å²) in [6, 6.07) is 11.2. The topological polar surface area (TPSA) is 87.7 Å². The van der Waals surface area contributed by atoms with Gasteiger partial charge in [0, 0.05) is 46.2 Å². The molecule has 0 radical (unpaired) electrons. The number of pyridine rings is 1. The zero-order chi connectivity index (χ0) is 19.2. The number of nitrogens with one attached hydrogen (secondary N) is 2. The molecule has 0 saturated heterocycles. The standard InChI is InChI=1S/C20H20N4O2S/c1-13-17(20(26)24-19(22-13)14-9-11-21-12-10-14)7-8-18(25)23-15-3-5-16(27-2)6-4-15/h3-6,9-12H,7-8H2,1-2H3,(H,23,25)(H,22,24,26). The average Bonchev–Trinajstić information content (AvgIpc) is 2.68. The molecule has 0 aliphatic rings. The molecule has 0 fully saturated rings. The molecular formula is C20H20N4O2S. The van der Waals surface area contributed by atoms with Crippen LogP contribution in [0.5, 0.6) is 0 Å². The van der Waals surface area contributed by atoms with Crippen LogP contribution >= 0.6 is 11.8 Å². The van der Waals surface area contributed by atoms with E-state index in [1.807, 2.05) is 30.5 Å². The van der Waals surface area contributed by atoms with Crippen molar-refractivity contribution in [3.63, 3.8) is 0 Å². The van der Waals surface area contributed by atoms with Crippen LogP contribution in [0.3, 0.4) is 0 Å². The highest BCUT2D eigenvalue weighted by Gasteiger charge is 2.12. The Labute approximate surface area is 161 Å². The first-order chi connectivity index (χ1) is 13.1. The number of thioether (sulfide) groups is 1. The fourth-order valence-electron chi connectivity index (χ4n) is 2.69. The molecule has 0 spiro atoms. The minimum atomic E-state index is -0.216. The lowest BCUT2D eigenvalue weighted by Gasteiger charge is -2.08. The molecular weight excluding hydrogens is 360 g/mol. The van der Waals surface area contributed by atoms with Crippen molar-refractivity contribution >= 4 is 23.4 Å². The number of aryl methyl sites for hydroxylation is 1. The Morgan fingerprint density at radius 2 is 1.85 bits per heavy atom. The van der Waals surface area contributed by atoms with E-state index < -0.39 is 0 Å². The van der Waals surface area contributed by atoms with Crippen LogP contribution < -0.4 is 10.9 Å². The fraction of sp³-hybridized carbons (Fsp3) is 0.200. The zero-order valence-corrected chi connectivity index (χ0v) is 16.0. The van der Waals surface area contributed by atoms with Crippen LogP contribution in [0.4, 0.5) is 5.69 Å². The summed E-state index contributed by atoms with van der Waals surface area (Å²) in [7, 11) is 0. The van der Waals surface area contributed by atoms with Crippen LogP contribution in [0.1, 0.15) is 17.7 Å². The van der Waals surface area contributed by atoms with Crippen LogP contribution in [0.25, 0.3) is 11.4 Å². The summed E-state index contributed by atoms with van der Waals surface area (Å²) < 4.78 is 0. The van der Waals surface area contributed by atoms with Crippen LogP contribution in [0, 0.1) is 6.92 Å². The lowest BCUT2D eigenvalue weighted by Crippen LogP contribution is -2.20.